The molecule has 1 aromatic heterocycles. The van der Waals surface area contributed by atoms with E-state index in [0.29, 0.717) is 12.5 Å². The monoisotopic (exact) mass is 258 g/mol. The minimum atomic E-state index is 0.0716. The zero-order chi connectivity index (χ0) is 13.8. The number of carbonyl (C=O) groups is 1. The van der Waals surface area contributed by atoms with Crippen molar-refractivity contribution in [1.29, 1.82) is 0 Å². The largest absolute Gasteiger partial charge is 0.338 e. The molecule has 0 spiro atoms. The van der Waals surface area contributed by atoms with Crippen LogP contribution < -0.4 is 0 Å². The minimum absolute atomic E-state index is 0.0716. The van der Waals surface area contributed by atoms with Gasteiger partial charge in [0.25, 0.3) is 0 Å². The lowest BCUT2D eigenvalue weighted by Gasteiger charge is -2.33. The summed E-state index contributed by atoms with van der Waals surface area (Å²) in [6.45, 7) is 7.61. The van der Waals surface area contributed by atoms with Crippen LogP contribution in [0.1, 0.15) is 32.9 Å². The van der Waals surface area contributed by atoms with Crippen LogP contribution in [0.15, 0.2) is 30.5 Å². The van der Waals surface area contributed by atoms with Gasteiger partial charge in [-0.25, -0.2) is 0 Å². The summed E-state index contributed by atoms with van der Waals surface area (Å²) in [5, 5.41) is 0. The number of rotatable bonds is 3. The third-order valence-electron chi connectivity index (χ3n) is 3.67. The second-order valence-electron chi connectivity index (χ2n) is 5.38. The molecule has 19 heavy (non-hydrogen) atoms. The molecule has 102 valence electrons. The molecule has 0 aromatic carbocycles. The van der Waals surface area contributed by atoms with Crippen LogP contribution in [0.4, 0.5) is 0 Å². The SMILES string of the molecule is CCC1CN(C(=O)C(C)C)CC=C1c1ccccn1. The maximum atomic E-state index is 12.1. The Morgan fingerprint density at radius 1 is 1.47 bits per heavy atom. The summed E-state index contributed by atoms with van der Waals surface area (Å²) in [5.41, 5.74) is 2.34. The van der Waals surface area contributed by atoms with E-state index >= 15 is 0 Å². The molecule has 0 N–H and O–H groups in total. The highest BCUT2D eigenvalue weighted by Gasteiger charge is 2.26. The first-order valence-electron chi connectivity index (χ1n) is 7.03. The van der Waals surface area contributed by atoms with Gasteiger partial charge in [-0.05, 0) is 24.1 Å². The van der Waals surface area contributed by atoms with Crippen LogP contribution in [-0.4, -0.2) is 28.9 Å². The Morgan fingerprint density at radius 2 is 2.26 bits per heavy atom. The third kappa shape index (κ3) is 3.03. The van der Waals surface area contributed by atoms with Gasteiger partial charge in [-0.15, -0.1) is 0 Å². The number of pyridine rings is 1. The first kappa shape index (κ1) is 13.8. The molecular formula is C16H22N2O. The fraction of sp³-hybridized carbons (Fsp3) is 0.500. The summed E-state index contributed by atoms with van der Waals surface area (Å²) >= 11 is 0. The van der Waals surface area contributed by atoms with E-state index in [1.54, 1.807) is 0 Å². The van der Waals surface area contributed by atoms with Crippen molar-refractivity contribution in [2.45, 2.75) is 27.2 Å². The van der Waals surface area contributed by atoms with Crippen LogP contribution in [0.3, 0.4) is 0 Å². The molecule has 2 rings (SSSR count). The molecule has 1 atom stereocenters. The molecule has 0 saturated carbocycles. The van der Waals surface area contributed by atoms with Crippen molar-refractivity contribution in [2.75, 3.05) is 13.1 Å². The maximum Gasteiger partial charge on any atom is 0.225 e. The van der Waals surface area contributed by atoms with Gasteiger partial charge in [-0.3, -0.25) is 9.78 Å². The Kier molecular flexibility index (Phi) is 4.35. The Hall–Kier alpha value is -1.64. The van der Waals surface area contributed by atoms with Gasteiger partial charge < -0.3 is 4.90 Å². The summed E-state index contributed by atoms with van der Waals surface area (Å²) in [6.07, 6.45) is 5.03. The van der Waals surface area contributed by atoms with Crippen LogP contribution in [0.2, 0.25) is 0 Å². The Morgan fingerprint density at radius 3 is 2.84 bits per heavy atom. The number of nitrogens with zero attached hydrogens (tertiary/aromatic N) is 2. The number of hydrogen-bond acceptors (Lipinski definition) is 2. The summed E-state index contributed by atoms with van der Waals surface area (Å²) in [6, 6.07) is 6.00. The Labute approximate surface area is 115 Å². The highest BCUT2D eigenvalue weighted by Crippen LogP contribution is 2.29. The molecule has 1 amide bonds. The fourth-order valence-corrected chi connectivity index (χ4v) is 2.56. The molecular weight excluding hydrogens is 236 g/mol. The van der Waals surface area contributed by atoms with E-state index in [9.17, 15) is 4.79 Å². The predicted octanol–water partition coefficient (Wildman–Crippen LogP) is 2.99. The summed E-state index contributed by atoms with van der Waals surface area (Å²) < 4.78 is 0. The third-order valence-corrected chi connectivity index (χ3v) is 3.67. The summed E-state index contributed by atoms with van der Waals surface area (Å²) in [4.78, 5) is 18.5. The van der Waals surface area contributed by atoms with E-state index in [1.807, 2.05) is 37.1 Å². The Bertz CT molecular complexity index is 465. The van der Waals surface area contributed by atoms with Crippen molar-refractivity contribution in [3.05, 3.63) is 36.2 Å². The minimum Gasteiger partial charge on any atom is -0.338 e. The maximum absolute atomic E-state index is 12.1. The van der Waals surface area contributed by atoms with Crippen LogP contribution in [0.5, 0.6) is 0 Å². The average molecular weight is 258 g/mol. The van der Waals surface area contributed by atoms with Gasteiger partial charge in [0.05, 0.1) is 5.69 Å². The molecule has 0 fully saturated rings. The van der Waals surface area contributed by atoms with E-state index in [2.05, 4.69) is 24.1 Å². The summed E-state index contributed by atoms with van der Waals surface area (Å²) in [7, 11) is 0. The first-order chi connectivity index (χ1) is 9.13. The van der Waals surface area contributed by atoms with Crippen molar-refractivity contribution in [2.24, 2.45) is 11.8 Å². The smallest absolute Gasteiger partial charge is 0.225 e. The molecule has 3 heteroatoms. The fourth-order valence-electron chi connectivity index (χ4n) is 2.56. The number of carbonyl (C=O) groups excluding carboxylic acids is 1. The quantitative estimate of drug-likeness (QED) is 0.835. The lowest BCUT2D eigenvalue weighted by molar-refractivity contribution is -0.134. The van der Waals surface area contributed by atoms with Crippen LogP contribution in [0.25, 0.3) is 5.57 Å². The topological polar surface area (TPSA) is 33.2 Å². The van der Waals surface area contributed by atoms with E-state index in [0.717, 1.165) is 18.7 Å². The van der Waals surface area contributed by atoms with Crippen LogP contribution in [0, 0.1) is 11.8 Å². The van der Waals surface area contributed by atoms with E-state index in [-0.39, 0.29) is 11.8 Å². The van der Waals surface area contributed by atoms with Crippen molar-refractivity contribution in [3.8, 4) is 0 Å². The molecule has 1 aliphatic heterocycles. The number of amides is 1. The second kappa shape index (κ2) is 6.00. The second-order valence-corrected chi connectivity index (χ2v) is 5.38. The van der Waals surface area contributed by atoms with Gasteiger partial charge in [0.1, 0.15) is 0 Å². The van der Waals surface area contributed by atoms with E-state index < -0.39 is 0 Å². The Balaban J connectivity index is 2.21. The molecule has 1 unspecified atom stereocenters. The van der Waals surface area contributed by atoms with E-state index in [4.69, 9.17) is 0 Å². The molecule has 0 radical (unpaired) electrons. The summed E-state index contributed by atoms with van der Waals surface area (Å²) in [5.74, 6) is 0.712. The molecule has 2 heterocycles. The standard InChI is InChI=1S/C16H22N2O/c1-4-13-11-18(16(19)12(2)3)10-8-14(13)15-7-5-6-9-17-15/h5-9,12-13H,4,10-11H2,1-3H3. The zero-order valence-electron chi connectivity index (χ0n) is 12.0. The van der Waals surface area contributed by atoms with Gasteiger partial charge >= 0.3 is 0 Å². The zero-order valence-corrected chi connectivity index (χ0v) is 12.0. The van der Waals surface area contributed by atoms with Gasteiger partial charge in [-0.2, -0.15) is 0 Å². The van der Waals surface area contributed by atoms with Crippen molar-refractivity contribution < 1.29 is 4.79 Å². The van der Waals surface area contributed by atoms with Crippen LogP contribution >= 0.6 is 0 Å². The molecule has 1 aromatic rings. The van der Waals surface area contributed by atoms with Crippen molar-refractivity contribution >= 4 is 11.5 Å². The number of aromatic nitrogens is 1. The molecule has 0 aliphatic carbocycles. The highest BCUT2D eigenvalue weighted by atomic mass is 16.2. The molecule has 3 nitrogen and oxygen atoms in total. The van der Waals surface area contributed by atoms with Gasteiger partial charge in [0, 0.05) is 31.1 Å². The lowest BCUT2D eigenvalue weighted by atomic mass is 9.89. The lowest BCUT2D eigenvalue weighted by Crippen LogP contribution is -2.41. The molecule has 0 saturated heterocycles. The highest BCUT2D eigenvalue weighted by molar-refractivity contribution is 5.80. The van der Waals surface area contributed by atoms with Gasteiger partial charge in [-0.1, -0.05) is 32.9 Å². The van der Waals surface area contributed by atoms with Crippen LogP contribution in [-0.2, 0) is 4.79 Å². The van der Waals surface area contributed by atoms with Crippen molar-refractivity contribution in [1.82, 2.24) is 9.88 Å². The first-order valence-corrected chi connectivity index (χ1v) is 7.03. The normalized spacial score (nSPS) is 19.5. The predicted molar refractivity (Wildman–Crippen MR) is 77.4 cm³/mol. The van der Waals surface area contributed by atoms with Gasteiger partial charge in [0.2, 0.25) is 5.91 Å². The van der Waals surface area contributed by atoms with Crippen molar-refractivity contribution in [3.63, 3.8) is 0 Å². The van der Waals surface area contributed by atoms with E-state index in [1.165, 1.54) is 5.57 Å². The average Bonchev–Trinajstić information content (AvgIpc) is 2.46. The molecule has 0 bridgehead atoms. The van der Waals surface area contributed by atoms with Gasteiger partial charge in [0.15, 0.2) is 0 Å². The molecule has 1 aliphatic rings. The number of hydrogen-bond donors (Lipinski definition) is 0.